The molecule has 0 aromatic heterocycles. The van der Waals surface area contributed by atoms with Crippen LogP contribution in [0.2, 0.25) is 0 Å². The quantitative estimate of drug-likeness (QED) is 0.570. The molecule has 0 aliphatic rings. The zero-order valence-electron chi connectivity index (χ0n) is 7.92. The van der Waals surface area contributed by atoms with Gasteiger partial charge in [-0.25, -0.2) is 0 Å². The van der Waals surface area contributed by atoms with Gasteiger partial charge in [-0.1, -0.05) is 36.4 Å². The van der Waals surface area contributed by atoms with Crippen molar-refractivity contribution in [3.05, 3.63) is 48.0 Å². The van der Waals surface area contributed by atoms with Crippen LogP contribution in [0.15, 0.2) is 42.5 Å². The third kappa shape index (κ3) is 1.88. The summed E-state index contributed by atoms with van der Waals surface area (Å²) in [6.45, 7) is 0. The first-order valence-electron chi connectivity index (χ1n) is 4.57. The molecule has 0 aliphatic carbocycles. The Labute approximate surface area is 86.6 Å². The summed E-state index contributed by atoms with van der Waals surface area (Å²) in [6.07, 6.45) is -1.94. The minimum Gasteiger partial charge on any atom is -0.362 e. The average molecular weight is 202 g/mol. The second-order valence-electron chi connectivity index (χ2n) is 3.30. The van der Waals surface area contributed by atoms with E-state index in [1.165, 1.54) is 0 Å². The second-order valence-corrected chi connectivity index (χ2v) is 3.30. The molecule has 2 N–H and O–H groups in total. The van der Waals surface area contributed by atoms with Gasteiger partial charge in [0.25, 0.3) is 0 Å². The lowest BCUT2D eigenvalue weighted by atomic mass is 10.0. The van der Waals surface area contributed by atoms with Crippen LogP contribution in [0.3, 0.4) is 0 Å². The van der Waals surface area contributed by atoms with Crippen LogP contribution in [-0.2, 0) is 0 Å². The van der Waals surface area contributed by atoms with Crippen molar-refractivity contribution >= 4 is 16.6 Å². The van der Waals surface area contributed by atoms with E-state index in [9.17, 15) is 4.79 Å². The van der Waals surface area contributed by atoms with E-state index < -0.39 is 12.1 Å². The SMILES string of the molecule is O=C(c1ccc2ccccc2c1)C(O)O. The van der Waals surface area contributed by atoms with E-state index in [2.05, 4.69) is 0 Å². The van der Waals surface area contributed by atoms with Crippen molar-refractivity contribution in [1.82, 2.24) is 0 Å². The van der Waals surface area contributed by atoms with E-state index >= 15 is 0 Å². The number of hydrogen-bond donors (Lipinski definition) is 2. The first kappa shape index (κ1) is 9.83. The van der Waals surface area contributed by atoms with Crippen LogP contribution in [0.25, 0.3) is 10.8 Å². The molecule has 3 nitrogen and oxygen atoms in total. The number of ketones is 1. The van der Waals surface area contributed by atoms with Gasteiger partial charge in [-0.15, -0.1) is 0 Å². The summed E-state index contributed by atoms with van der Waals surface area (Å²) >= 11 is 0. The zero-order chi connectivity index (χ0) is 10.8. The van der Waals surface area contributed by atoms with Crippen molar-refractivity contribution in [3.63, 3.8) is 0 Å². The van der Waals surface area contributed by atoms with Crippen molar-refractivity contribution in [2.45, 2.75) is 6.29 Å². The van der Waals surface area contributed by atoms with Gasteiger partial charge in [0.1, 0.15) is 0 Å². The molecular formula is C12H10O3. The molecule has 2 aromatic carbocycles. The predicted octanol–water partition coefficient (Wildman–Crippen LogP) is 1.33. The molecule has 0 saturated carbocycles. The first-order valence-corrected chi connectivity index (χ1v) is 4.57. The van der Waals surface area contributed by atoms with Gasteiger partial charge in [0.05, 0.1) is 0 Å². The largest absolute Gasteiger partial charge is 0.362 e. The molecule has 76 valence electrons. The molecule has 0 bridgehead atoms. The Morgan fingerprint density at radius 2 is 1.67 bits per heavy atom. The molecule has 0 saturated heterocycles. The fourth-order valence-electron chi connectivity index (χ4n) is 1.49. The summed E-state index contributed by atoms with van der Waals surface area (Å²) in [4.78, 5) is 11.3. The van der Waals surface area contributed by atoms with Crippen LogP contribution in [-0.4, -0.2) is 22.3 Å². The number of carbonyl (C=O) groups excluding carboxylic acids is 1. The molecule has 0 spiro atoms. The Hall–Kier alpha value is -1.71. The Balaban J connectivity index is 2.52. The zero-order valence-corrected chi connectivity index (χ0v) is 7.92. The third-order valence-corrected chi connectivity index (χ3v) is 2.27. The van der Waals surface area contributed by atoms with Gasteiger partial charge >= 0.3 is 0 Å². The lowest BCUT2D eigenvalue weighted by Crippen LogP contribution is -2.19. The Morgan fingerprint density at radius 1 is 1.00 bits per heavy atom. The Kier molecular flexibility index (Phi) is 2.49. The number of benzene rings is 2. The highest BCUT2D eigenvalue weighted by atomic mass is 16.5. The standard InChI is InChI=1S/C12H10O3/c13-11(12(14)15)10-6-5-8-3-1-2-4-9(8)7-10/h1-7,12,14-15H. The van der Waals surface area contributed by atoms with Gasteiger partial charge in [0.15, 0.2) is 0 Å². The van der Waals surface area contributed by atoms with Crippen LogP contribution >= 0.6 is 0 Å². The van der Waals surface area contributed by atoms with E-state index in [0.29, 0.717) is 5.56 Å². The normalized spacial score (nSPS) is 10.9. The summed E-state index contributed by atoms with van der Waals surface area (Å²) in [6, 6.07) is 12.6. The fourth-order valence-corrected chi connectivity index (χ4v) is 1.49. The molecule has 15 heavy (non-hydrogen) atoms. The van der Waals surface area contributed by atoms with Crippen molar-refractivity contribution in [3.8, 4) is 0 Å². The van der Waals surface area contributed by atoms with Crippen LogP contribution in [0.5, 0.6) is 0 Å². The lowest BCUT2D eigenvalue weighted by Gasteiger charge is -2.04. The highest BCUT2D eigenvalue weighted by Gasteiger charge is 2.13. The smallest absolute Gasteiger partial charge is 0.218 e. The molecule has 0 unspecified atom stereocenters. The van der Waals surface area contributed by atoms with Gasteiger partial charge < -0.3 is 10.2 Å². The fraction of sp³-hybridized carbons (Fsp3) is 0.0833. The molecule has 0 heterocycles. The summed E-state index contributed by atoms with van der Waals surface area (Å²) in [7, 11) is 0. The molecule has 2 rings (SSSR count). The molecule has 0 aliphatic heterocycles. The number of aliphatic hydroxyl groups is 2. The van der Waals surface area contributed by atoms with Crippen molar-refractivity contribution in [2.75, 3.05) is 0 Å². The maximum Gasteiger partial charge on any atom is 0.218 e. The van der Waals surface area contributed by atoms with Gasteiger partial charge in [-0.2, -0.15) is 0 Å². The second kappa shape index (κ2) is 3.81. The average Bonchev–Trinajstić information content (AvgIpc) is 2.27. The first-order chi connectivity index (χ1) is 7.18. The van der Waals surface area contributed by atoms with Gasteiger partial charge in [-0.3, -0.25) is 4.79 Å². The molecular weight excluding hydrogens is 192 g/mol. The molecule has 0 atom stereocenters. The van der Waals surface area contributed by atoms with Crippen LogP contribution in [0.1, 0.15) is 10.4 Å². The lowest BCUT2D eigenvalue weighted by molar-refractivity contribution is -0.0195. The predicted molar refractivity (Wildman–Crippen MR) is 56.5 cm³/mol. The van der Waals surface area contributed by atoms with E-state index in [4.69, 9.17) is 10.2 Å². The topological polar surface area (TPSA) is 57.5 Å². The number of rotatable bonds is 2. The monoisotopic (exact) mass is 202 g/mol. The Morgan fingerprint density at radius 3 is 2.33 bits per heavy atom. The highest BCUT2D eigenvalue weighted by molar-refractivity contribution is 6.01. The van der Waals surface area contributed by atoms with E-state index in [1.807, 2.05) is 24.3 Å². The molecule has 3 heteroatoms. The van der Waals surface area contributed by atoms with Crippen molar-refractivity contribution in [2.24, 2.45) is 0 Å². The number of aliphatic hydroxyl groups excluding tert-OH is 1. The highest BCUT2D eigenvalue weighted by Crippen LogP contribution is 2.16. The van der Waals surface area contributed by atoms with Crippen molar-refractivity contribution < 1.29 is 15.0 Å². The van der Waals surface area contributed by atoms with E-state index in [-0.39, 0.29) is 0 Å². The summed E-state index contributed by atoms with van der Waals surface area (Å²) in [5, 5.41) is 19.4. The van der Waals surface area contributed by atoms with E-state index in [1.54, 1.807) is 18.2 Å². The molecule has 0 radical (unpaired) electrons. The summed E-state index contributed by atoms with van der Waals surface area (Å²) in [5.74, 6) is -0.680. The van der Waals surface area contributed by atoms with E-state index in [0.717, 1.165) is 10.8 Å². The maximum atomic E-state index is 11.3. The molecule has 0 amide bonds. The number of fused-ring (bicyclic) bond motifs is 1. The van der Waals surface area contributed by atoms with Crippen LogP contribution < -0.4 is 0 Å². The third-order valence-electron chi connectivity index (χ3n) is 2.27. The molecule has 0 fully saturated rings. The number of carbonyl (C=O) groups is 1. The minimum atomic E-state index is -1.94. The Bertz CT molecular complexity index is 503. The summed E-state index contributed by atoms with van der Waals surface area (Å²) < 4.78 is 0. The summed E-state index contributed by atoms with van der Waals surface area (Å²) in [5.41, 5.74) is 0.309. The van der Waals surface area contributed by atoms with Crippen LogP contribution in [0.4, 0.5) is 0 Å². The number of Topliss-reactive ketones (excluding diaryl/α,β-unsaturated/α-hetero) is 1. The molecule has 2 aromatic rings. The minimum absolute atomic E-state index is 0.309. The number of hydrogen-bond acceptors (Lipinski definition) is 3. The van der Waals surface area contributed by atoms with Gasteiger partial charge in [-0.05, 0) is 16.8 Å². The van der Waals surface area contributed by atoms with Gasteiger partial charge in [0, 0.05) is 5.56 Å². The van der Waals surface area contributed by atoms with Crippen LogP contribution in [0, 0.1) is 0 Å². The van der Waals surface area contributed by atoms with Gasteiger partial charge in [0.2, 0.25) is 12.1 Å². The van der Waals surface area contributed by atoms with Crippen molar-refractivity contribution in [1.29, 1.82) is 0 Å². The maximum absolute atomic E-state index is 11.3.